The maximum atomic E-state index is 13.4. The Morgan fingerprint density at radius 2 is 2.42 bits per heavy atom. The molecule has 0 saturated carbocycles. The number of aliphatic hydroxyl groups is 2. The van der Waals surface area contributed by atoms with Crippen LogP contribution >= 0.6 is 0 Å². The Morgan fingerprint density at radius 1 is 1.71 bits per heavy atom. The van der Waals surface area contributed by atoms with Crippen LogP contribution in [0.15, 0.2) is 22.2 Å². The molecule has 0 unspecified atom stereocenters. The third-order valence-electron chi connectivity index (χ3n) is 3.16. The van der Waals surface area contributed by atoms with E-state index >= 15 is 0 Å². The van der Waals surface area contributed by atoms with Gasteiger partial charge in [0.2, 0.25) is 0 Å². The first-order valence-corrected chi connectivity index (χ1v) is 7.06. The average molecular weight is 345 g/mol. The van der Waals surface area contributed by atoms with Gasteiger partial charge in [-0.15, -0.1) is 0 Å². The largest absolute Gasteiger partial charge is 0.393 e. The maximum Gasteiger partial charge on any atom is 0.351 e. The van der Waals surface area contributed by atoms with Crippen LogP contribution < -0.4 is 16.7 Å². The van der Waals surface area contributed by atoms with Crippen molar-refractivity contribution in [3.8, 4) is 0 Å². The van der Waals surface area contributed by atoms with E-state index in [-0.39, 0.29) is 5.82 Å². The van der Waals surface area contributed by atoms with Gasteiger partial charge in [0, 0.05) is 24.2 Å². The van der Waals surface area contributed by atoms with Gasteiger partial charge in [-0.25, -0.2) is 9.18 Å². The molecule has 134 valence electrons. The van der Waals surface area contributed by atoms with Crippen LogP contribution in [0.25, 0.3) is 10.4 Å². The van der Waals surface area contributed by atoms with E-state index in [1.54, 1.807) is 0 Å². The molecule has 1 rings (SSSR count). The quantitative estimate of drug-likeness (QED) is 0.251. The molecule has 0 aliphatic rings. The van der Waals surface area contributed by atoms with E-state index in [0.29, 0.717) is 13.1 Å². The minimum Gasteiger partial charge on any atom is -0.393 e. The number of nitrogens with zero attached hydrogens (tertiary/aromatic N) is 5. The van der Waals surface area contributed by atoms with Gasteiger partial charge in [-0.05, 0) is 18.5 Å². The molecule has 5 N–H and O–H groups in total. The molecule has 0 fully saturated rings. The van der Waals surface area contributed by atoms with E-state index in [2.05, 4.69) is 20.3 Å². The van der Waals surface area contributed by atoms with Crippen LogP contribution in [-0.2, 0) is 4.74 Å². The number of anilines is 1. The van der Waals surface area contributed by atoms with Crippen molar-refractivity contribution < 1.29 is 19.3 Å². The normalized spacial score (nSPS) is 15.9. The van der Waals surface area contributed by atoms with Gasteiger partial charge >= 0.3 is 5.69 Å². The first-order valence-electron chi connectivity index (χ1n) is 7.06. The van der Waals surface area contributed by atoms with E-state index in [0.717, 1.165) is 4.57 Å². The van der Waals surface area contributed by atoms with Crippen molar-refractivity contribution in [2.75, 3.05) is 31.7 Å². The third kappa shape index (κ3) is 4.63. The van der Waals surface area contributed by atoms with Crippen molar-refractivity contribution in [2.24, 2.45) is 10.8 Å². The summed E-state index contributed by atoms with van der Waals surface area (Å²) < 4.78 is 19.4. The fraction of sp³-hybridized carbons (Fsp3) is 0.667. The number of aromatic nitrogens is 2. The number of hydrogen-bond acceptors (Lipinski definition) is 8. The second-order valence-corrected chi connectivity index (χ2v) is 4.81. The Hall–Kier alpha value is -2.24. The molecule has 0 spiro atoms. The molecular weight excluding hydrogens is 325 g/mol. The second-order valence-electron chi connectivity index (χ2n) is 4.81. The number of nitrogens with two attached hydrogens (primary N) is 1. The lowest BCUT2D eigenvalue weighted by Gasteiger charge is -2.33. The summed E-state index contributed by atoms with van der Waals surface area (Å²) in [6.45, 7) is -0.177. The first-order chi connectivity index (χ1) is 11.4. The Labute approximate surface area is 136 Å². The van der Waals surface area contributed by atoms with Crippen molar-refractivity contribution >= 4 is 5.82 Å². The Bertz CT molecular complexity index is 634. The molecule has 0 aliphatic heterocycles. The summed E-state index contributed by atoms with van der Waals surface area (Å²) >= 11 is 0. The molecule has 1 aromatic heterocycles. The van der Waals surface area contributed by atoms with E-state index in [1.807, 2.05) is 0 Å². The Kier molecular flexibility index (Phi) is 7.55. The highest BCUT2D eigenvalue weighted by Crippen LogP contribution is 2.25. The summed E-state index contributed by atoms with van der Waals surface area (Å²) in [6, 6.07) is 1.40. The monoisotopic (exact) mass is 345 g/mol. The zero-order chi connectivity index (χ0) is 18.2. The number of azide groups is 1. The van der Waals surface area contributed by atoms with Gasteiger partial charge in [-0.2, -0.15) is 4.98 Å². The van der Waals surface area contributed by atoms with E-state index in [1.165, 1.54) is 19.2 Å². The van der Waals surface area contributed by atoms with Crippen LogP contribution in [0.4, 0.5) is 10.2 Å². The molecule has 11 nitrogen and oxygen atoms in total. The lowest BCUT2D eigenvalue weighted by molar-refractivity contribution is -0.193. The van der Waals surface area contributed by atoms with Crippen molar-refractivity contribution in [2.45, 2.75) is 25.0 Å². The van der Waals surface area contributed by atoms with Crippen LogP contribution in [0, 0.1) is 0 Å². The van der Waals surface area contributed by atoms with Gasteiger partial charge < -0.3 is 26.0 Å². The number of aliphatic hydroxyl groups excluding tert-OH is 2. The highest BCUT2D eigenvalue weighted by atomic mass is 19.1. The van der Waals surface area contributed by atoms with Gasteiger partial charge in [-0.3, -0.25) is 4.57 Å². The Balaban J connectivity index is 3.12. The molecule has 0 aromatic carbocycles. The molecule has 0 amide bonds. The molecule has 0 bridgehead atoms. The van der Waals surface area contributed by atoms with Crippen LogP contribution in [0.1, 0.15) is 13.2 Å². The number of rotatable bonds is 10. The second kappa shape index (κ2) is 9.15. The summed E-state index contributed by atoms with van der Waals surface area (Å²) in [5.74, 6) is 0.248. The lowest BCUT2D eigenvalue weighted by atomic mass is 10.1. The predicted molar refractivity (Wildman–Crippen MR) is 82.8 cm³/mol. The zero-order valence-electron chi connectivity index (χ0n) is 13.0. The van der Waals surface area contributed by atoms with E-state index < -0.39 is 37.0 Å². The molecule has 24 heavy (non-hydrogen) atoms. The van der Waals surface area contributed by atoms with Crippen LogP contribution in [0.3, 0.4) is 0 Å². The number of nitrogens with one attached hydrogen (secondary N) is 1. The Morgan fingerprint density at radius 3 is 2.88 bits per heavy atom. The zero-order valence-corrected chi connectivity index (χ0v) is 13.0. The van der Waals surface area contributed by atoms with Crippen LogP contribution in [0.5, 0.6) is 0 Å². The number of halogens is 1. The molecule has 0 aliphatic carbocycles. The molecule has 0 radical (unpaired) electrons. The van der Waals surface area contributed by atoms with Gasteiger partial charge in [0.25, 0.3) is 0 Å². The SMILES string of the molecule is C[C@@H](O)[C@](CO)(N=[N+]=[N-])O[C@H](CF)n1ccc(NCCN)nc1=O. The lowest BCUT2D eigenvalue weighted by Crippen LogP contribution is -2.48. The first kappa shape index (κ1) is 19.8. The molecular formula is C12H20FN7O4. The smallest absolute Gasteiger partial charge is 0.351 e. The van der Waals surface area contributed by atoms with Gasteiger partial charge in [0.05, 0.1) is 12.7 Å². The molecule has 3 atom stereocenters. The van der Waals surface area contributed by atoms with Gasteiger partial charge in [0.15, 0.2) is 12.0 Å². The summed E-state index contributed by atoms with van der Waals surface area (Å²) in [5, 5.41) is 25.1. The molecule has 1 aromatic rings. The standard InChI is InChI=1S/C12H20FN7O4/c1-8(22)12(7-21,18-19-15)24-10(6-13)20-5-2-9(16-4-3-14)17-11(20)23/h2,5,8,10,21-22H,3-4,6-7,14H2,1H3,(H,16,17,23)/t8-,10-,12-/m1/s1. The van der Waals surface area contributed by atoms with E-state index in [4.69, 9.17) is 16.0 Å². The molecule has 12 heteroatoms. The van der Waals surface area contributed by atoms with Crippen molar-refractivity contribution in [1.82, 2.24) is 9.55 Å². The number of alkyl halides is 1. The number of ether oxygens (including phenoxy) is 1. The highest BCUT2D eigenvalue weighted by Gasteiger charge is 2.38. The third-order valence-corrected chi connectivity index (χ3v) is 3.16. The molecule has 0 saturated heterocycles. The van der Waals surface area contributed by atoms with Crippen molar-refractivity contribution in [1.29, 1.82) is 0 Å². The van der Waals surface area contributed by atoms with E-state index in [9.17, 15) is 19.4 Å². The minimum absolute atomic E-state index is 0.248. The average Bonchev–Trinajstić information content (AvgIpc) is 2.57. The van der Waals surface area contributed by atoms with Crippen LogP contribution in [-0.4, -0.2) is 58.0 Å². The topological polar surface area (TPSA) is 171 Å². The maximum absolute atomic E-state index is 13.4. The number of hydrogen-bond donors (Lipinski definition) is 4. The van der Waals surface area contributed by atoms with Gasteiger partial charge in [0.1, 0.15) is 12.5 Å². The molecule has 1 heterocycles. The highest BCUT2D eigenvalue weighted by molar-refractivity contribution is 5.31. The fourth-order valence-corrected chi connectivity index (χ4v) is 1.81. The summed E-state index contributed by atoms with van der Waals surface area (Å²) in [5.41, 5.74) is 10.9. The van der Waals surface area contributed by atoms with Crippen molar-refractivity contribution in [3.05, 3.63) is 33.2 Å². The fourth-order valence-electron chi connectivity index (χ4n) is 1.81. The summed E-state index contributed by atoms with van der Waals surface area (Å²) in [6.07, 6.45) is -1.79. The van der Waals surface area contributed by atoms with Gasteiger partial charge in [-0.1, -0.05) is 5.11 Å². The van der Waals surface area contributed by atoms with Crippen molar-refractivity contribution in [3.63, 3.8) is 0 Å². The van der Waals surface area contributed by atoms with Crippen LogP contribution in [0.2, 0.25) is 0 Å². The summed E-state index contributed by atoms with van der Waals surface area (Å²) in [7, 11) is 0. The summed E-state index contributed by atoms with van der Waals surface area (Å²) in [4.78, 5) is 18.2. The minimum atomic E-state index is -2.14. The predicted octanol–water partition coefficient (Wildman–Crippen LogP) is -0.522.